The Labute approximate surface area is 89.5 Å². The van der Waals surface area contributed by atoms with Crippen LogP contribution in [0.2, 0.25) is 0 Å². The van der Waals surface area contributed by atoms with Gasteiger partial charge in [-0.15, -0.1) is 0 Å². The molecule has 0 amide bonds. The van der Waals surface area contributed by atoms with Crippen LogP contribution in [0, 0.1) is 0 Å². The molecule has 0 aromatic heterocycles. The predicted octanol–water partition coefficient (Wildman–Crippen LogP) is 4.11. The lowest BCUT2D eigenvalue weighted by molar-refractivity contribution is 1.63. The quantitative estimate of drug-likeness (QED) is 0.623. The number of hydrogen-bond acceptors (Lipinski definition) is 1. The Hall–Kier alpha value is 0.990. The van der Waals surface area contributed by atoms with Crippen LogP contribution in [0.25, 0.3) is 0 Å². The van der Waals surface area contributed by atoms with Crippen LogP contribution in [-0.4, -0.2) is 11.5 Å². The molecule has 0 bridgehead atoms. The molecular weight excluding hydrogens is 246 g/mol. The average molecular weight is 250 g/mol. The molecule has 0 atom stereocenters. The first kappa shape index (κ1) is 10.1. The van der Waals surface area contributed by atoms with E-state index in [1.807, 2.05) is 0 Å². The summed E-state index contributed by atoms with van der Waals surface area (Å²) in [7, 11) is 0. The number of thioether (sulfide) groups is 1. The molecule has 1 rings (SSSR count). The van der Waals surface area contributed by atoms with Crippen molar-refractivity contribution in [2.45, 2.75) is 0 Å². The van der Waals surface area contributed by atoms with E-state index in [1.165, 1.54) is 0 Å². The number of allylic oxidation sites excluding steroid dienone is 2. The van der Waals surface area contributed by atoms with Crippen LogP contribution in [0.3, 0.4) is 0 Å². The van der Waals surface area contributed by atoms with Crippen molar-refractivity contribution in [2.24, 2.45) is 0 Å². The van der Waals surface area contributed by atoms with Gasteiger partial charge in [0, 0.05) is 21.6 Å². The maximum absolute atomic E-state index is 5.78. The second-order valence-electron chi connectivity index (χ2n) is 1.93. The van der Waals surface area contributed by atoms with Gasteiger partial charge in [-0.3, -0.25) is 0 Å². The second kappa shape index (κ2) is 4.29. The van der Waals surface area contributed by atoms with Gasteiger partial charge in [0.2, 0.25) is 0 Å². The van der Waals surface area contributed by atoms with E-state index >= 15 is 0 Å². The summed E-state index contributed by atoms with van der Waals surface area (Å²) >= 11 is 24.7. The average Bonchev–Trinajstić information content (AvgIpc) is 2.07. The Kier molecular flexibility index (Phi) is 3.93. The molecule has 0 unspecified atom stereocenters. The summed E-state index contributed by atoms with van der Waals surface area (Å²) in [6.45, 7) is 0. The zero-order chi connectivity index (χ0) is 8.43. The highest BCUT2D eigenvalue weighted by Gasteiger charge is 2.14. The topological polar surface area (TPSA) is 0 Å². The van der Waals surface area contributed by atoms with Gasteiger partial charge in [-0.25, -0.2) is 0 Å². The zero-order valence-electron chi connectivity index (χ0n) is 5.33. The van der Waals surface area contributed by atoms with E-state index in [1.54, 1.807) is 11.8 Å². The summed E-state index contributed by atoms with van der Waals surface area (Å²) in [5.41, 5.74) is 0. The monoisotopic (exact) mass is 248 g/mol. The Morgan fingerprint density at radius 3 is 1.55 bits per heavy atom. The molecule has 0 aromatic carbocycles. The second-order valence-corrected chi connectivity index (χ2v) is 4.58. The molecule has 1 heterocycles. The van der Waals surface area contributed by atoms with E-state index in [0.717, 1.165) is 0 Å². The van der Waals surface area contributed by atoms with Crippen LogP contribution in [0.4, 0.5) is 0 Å². The van der Waals surface area contributed by atoms with Gasteiger partial charge in [0.25, 0.3) is 0 Å². The molecule has 5 heteroatoms. The van der Waals surface area contributed by atoms with Crippen LogP contribution in [0.15, 0.2) is 20.1 Å². The molecule has 11 heavy (non-hydrogen) atoms. The minimum absolute atomic E-state index is 0.378. The SMILES string of the molecule is ClC1=C(Cl)C(Cl)=C(Cl)CSC1. The smallest absolute Gasteiger partial charge is 0.0757 e. The summed E-state index contributed by atoms with van der Waals surface area (Å²) in [6, 6.07) is 0. The third kappa shape index (κ3) is 2.46. The van der Waals surface area contributed by atoms with Crippen molar-refractivity contribution >= 4 is 58.2 Å². The van der Waals surface area contributed by atoms with Gasteiger partial charge in [0.05, 0.1) is 10.1 Å². The Balaban J connectivity index is 3.02. The fourth-order valence-corrected chi connectivity index (χ4v) is 2.61. The normalized spacial score (nSPS) is 20.7. The van der Waals surface area contributed by atoms with Gasteiger partial charge in [0.1, 0.15) is 0 Å². The van der Waals surface area contributed by atoms with E-state index in [0.29, 0.717) is 31.6 Å². The van der Waals surface area contributed by atoms with E-state index in [4.69, 9.17) is 46.4 Å². The van der Waals surface area contributed by atoms with Gasteiger partial charge in [-0.05, 0) is 0 Å². The van der Waals surface area contributed by atoms with Gasteiger partial charge in [-0.2, -0.15) is 11.8 Å². The van der Waals surface area contributed by atoms with Crippen molar-refractivity contribution in [1.82, 2.24) is 0 Å². The minimum Gasteiger partial charge on any atom is -0.150 e. The summed E-state index contributed by atoms with van der Waals surface area (Å²) in [6.07, 6.45) is 0. The van der Waals surface area contributed by atoms with Gasteiger partial charge in [-0.1, -0.05) is 46.4 Å². The molecule has 0 aliphatic carbocycles. The van der Waals surface area contributed by atoms with Gasteiger partial charge in [0.15, 0.2) is 0 Å². The summed E-state index contributed by atoms with van der Waals surface area (Å²) in [4.78, 5) is 0. The lowest BCUT2D eigenvalue weighted by atomic mass is 10.4. The van der Waals surface area contributed by atoms with Crippen molar-refractivity contribution in [1.29, 1.82) is 0 Å². The maximum Gasteiger partial charge on any atom is 0.0757 e. The van der Waals surface area contributed by atoms with Crippen molar-refractivity contribution in [2.75, 3.05) is 11.5 Å². The summed E-state index contributed by atoms with van der Waals surface area (Å²) < 4.78 is 0. The maximum atomic E-state index is 5.78. The van der Waals surface area contributed by atoms with E-state index < -0.39 is 0 Å². The highest BCUT2D eigenvalue weighted by Crippen LogP contribution is 2.35. The molecule has 0 spiro atoms. The van der Waals surface area contributed by atoms with E-state index in [9.17, 15) is 0 Å². The van der Waals surface area contributed by atoms with Crippen LogP contribution in [0.5, 0.6) is 0 Å². The molecule has 0 aromatic rings. The molecule has 1 aliphatic heterocycles. The van der Waals surface area contributed by atoms with Crippen molar-refractivity contribution in [3.8, 4) is 0 Å². The van der Waals surface area contributed by atoms with E-state index in [2.05, 4.69) is 0 Å². The first-order valence-electron chi connectivity index (χ1n) is 2.79. The molecule has 0 saturated heterocycles. The molecule has 0 nitrogen and oxygen atoms in total. The number of rotatable bonds is 0. The minimum atomic E-state index is 0.378. The van der Waals surface area contributed by atoms with Crippen LogP contribution >= 0.6 is 58.2 Å². The van der Waals surface area contributed by atoms with Crippen molar-refractivity contribution in [3.63, 3.8) is 0 Å². The molecule has 0 radical (unpaired) electrons. The molecule has 1 aliphatic rings. The lowest BCUT2D eigenvalue weighted by Crippen LogP contribution is -1.79. The Bertz CT molecular complexity index is 207. The Morgan fingerprint density at radius 2 is 1.18 bits per heavy atom. The standard InChI is InChI=1S/C6H4Cl4S/c7-3-1-11-2-4(8)6(10)5(3)9/h1-2H2. The number of hydrogen-bond donors (Lipinski definition) is 0. The van der Waals surface area contributed by atoms with Gasteiger partial charge < -0.3 is 0 Å². The molecule has 62 valence electrons. The lowest BCUT2D eigenvalue weighted by Gasteiger charge is -1.96. The fraction of sp³-hybridized carbons (Fsp3) is 0.333. The molecule has 0 saturated carbocycles. The Morgan fingerprint density at radius 1 is 0.818 bits per heavy atom. The number of halogens is 4. The third-order valence-electron chi connectivity index (χ3n) is 1.13. The molecular formula is C6H4Cl4S. The first-order valence-corrected chi connectivity index (χ1v) is 5.46. The van der Waals surface area contributed by atoms with Gasteiger partial charge >= 0.3 is 0 Å². The first-order chi connectivity index (χ1) is 5.13. The molecule has 0 fully saturated rings. The highest BCUT2D eigenvalue weighted by molar-refractivity contribution is 7.99. The largest absolute Gasteiger partial charge is 0.150 e. The predicted molar refractivity (Wildman–Crippen MR) is 54.8 cm³/mol. The molecule has 0 N–H and O–H groups in total. The van der Waals surface area contributed by atoms with Crippen LogP contribution < -0.4 is 0 Å². The van der Waals surface area contributed by atoms with E-state index in [-0.39, 0.29) is 0 Å². The summed E-state index contributed by atoms with van der Waals surface area (Å²) in [5.74, 6) is 1.35. The highest BCUT2D eigenvalue weighted by atomic mass is 35.5. The zero-order valence-corrected chi connectivity index (χ0v) is 9.17. The van der Waals surface area contributed by atoms with Crippen LogP contribution in [-0.2, 0) is 0 Å². The van der Waals surface area contributed by atoms with Crippen molar-refractivity contribution in [3.05, 3.63) is 20.1 Å². The fourth-order valence-electron chi connectivity index (χ4n) is 0.595. The van der Waals surface area contributed by atoms with Crippen molar-refractivity contribution < 1.29 is 0 Å². The summed E-state index contributed by atoms with van der Waals surface area (Å²) in [5, 5.41) is 1.89. The van der Waals surface area contributed by atoms with Crippen LogP contribution in [0.1, 0.15) is 0 Å². The third-order valence-corrected chi connectivity index (χ3v) is 4.20.